The Morgan fingerprint density at radius 1 is 1.54 bits per heavy atom. The molecule has 1 N–H and O–H groups in total. The average molecular weight is 355 g/mol. The standard InChI is InChI=1S/C14H12ClFN4O4/c1-14(3-4-14)17-13(21)19-5-2-12(18-19)24-11-7-9(16)10(20(22)23)6-8(11)15/h2,5-7H,3-4H2,1H3,(H,17,21). The number of amides is 1. The highest BCUT2D eigenvalue weighted by molar-refractivity contribution is 6.32. The molecule has 10 heteroatoms. The summed E-state index contributed by atoms with van der Waals surface area (Å²) >= 11 is 5.85. The van der Waals surface area contributed by atoms with Gasteiger partial charge in [0.25, 0.3) is 0 Å². The van der Waals surface area contributed by atoms with Crippen LogP contribution in [0.5, 0.6) is 11.6 Å². The Labute approximate surface area is 140 Å². The zero-order valence-corrected chi connectivity index (χ0v) is 13.2. The molecule has 1 heterocycles. The summed E-state index contributed by atoms with van der Waals surface area (Å²) < 4.78 is 20.0. The van der Waals surface area contributed by atoms with Crippen LogP contribution in [0.15, 0.2) is 24.4 Å². The van der Waals surface area contributed by atoms with Crippen molar-refractivity contribution in [3.05, 3.63) is 45.4 Å². The highest BCUT2D eigenvalue weighted by Gasteiger charge is 2.39. The van der Waals surface area contributed by atoms with E-state index in [1.165, 1.54) is 12.3 Å². The maximum atomic E-state index is 13.6. The van der Waals surface area contributed by atoms with E-state index in [1.54, 1.807) is 0 Å². The molecule has 0 spiro atoms. The van der Waals surface area contributed by atoms with E-state index in [0.717, 1.165) is 29.7 Å². The van der Waals surface area contributed by atoms with Gasteiger partial charge in [-0.2, -0.15) is 9.07 Å². The van der Waals surface area contributed by atoms with Crippen LogP contribution in [0.3, 0.4) is 0 Å². The molecular formula is C14H12ClFN4O4. The number of nitro benzene ring substituents is 1. The van der Waals surface area contributed by atoms with Crippen LogP contribution in [0.1, 0.15) is 19.8 Å². The molecule has 1 fully saturated rings. The first-order valence-corrected chi connectivity index (χ1v) is 7.35. The van der Waals surface area contributed by atoms with E-state index in [0.29, 0.717) is 0 Å². The largest absolute Gasteiger partial charge is 0.436 e. The minimum atomic E-state index is -1.08. The third-order valence-electron chi connectivity index (χ3n) is 3.59. The molecule has 0 saturated heterocycles. The maximum Gasteiger partial charge on any atom is 0.342 e. The van der Waals surface area contributed by atoms with Crippen molar-refractivity contribution in [2.45, 2.75) is 25.3 Å². The SMILES string of the molecule is CC1(NC(=O)n2ccc(Oc3cc(F)c([N+](=O)[O-])cc3Cl)n2)CC1. The highest BCUT2D eigenvalue weighted by Crippen LogP contribution is 2.35. The maximum absolute atomic E-state index is 13.6. The van der Waals surface area contributed by atoms with E-state index in [1.807, 2.05) is 6.92 Å². The molecule has 1 aromatic heterocycles. The molecule has 1 aliphatic carbocycles. The summed E-state index contributed by atoms with van der Waals surface area (Å²) in [6, 6.07) is 2.63. The second-order valence-electron chi connectivity index (χ2n) is 5.68. The van der Waals surface area contributed by atoms with Crippen molar-refractivity contribution in [1.82, 2.24) is 15.1 Å². The number of halogens is 2. The van der Waals surface area contributed by atoms with E-state index in [2.05, 4.69) is 10.4 Å². The van der Waals surface area contributed by atoms with Gasteiger partial charge >= 0.3 is 11.7 Å². The van der Waals surface area contributed by atoms with Gasteiger partial charge in [0, 0.05) is 29.9 Å². The minimum Gasteiger partial charge on any atom is -0.436 e. The van der Waals surface area contributed by atoms with Crippen molar-refractivity contribution in [3.8, 4) is 11.6 Å². The number of ether oxygens (including phenoxy) is 1. The number of nitrogens with zero attached hydrogens (tertiary/aromatic N) is 3. The molecular weight excluding hydrogens is 343 g/mol. The summed E-state index contributed by atoms with van der Waals surface area (Å²) in [5.41, 5.74) is -0.954. The molecule has 8 nitrogen and oxygen atoms in total. The number of benzene rings is 1. The zero-order valence-electron chi connectivity index (χ0n) is 12.5. The lowest BCUT2D eigenvalue weighted by atomic mass is 10.3. The van der Waals surface area contributed by atoms with Crippen LogP contribution in [0.4, 0.5) is 14.9 Å². The number of aromatic nitrogens is 2. The van der Waals surface area contributed by atoms with Crippen molar-refractivity contribution in [2.75, 3.05) is 0 Å². The Morgan fingerprint density at radius 2 is 2.25 bits per heavy atom. The Hall–Kier alpha value is -2.68. The van der Waals surface area contributed by atoms with Crippen LogP contribution >= 0.6 is 11.6 Å². The Balaban J connectivity index is 1.76. The summed E-state index contributed by atoms with van der Waals surface area (Å²) in [5.74, 6) is -1.22. The fraction of sp³-hybridized carbons (Fsp3) is 0.286. The molecule has 3 rings (SSSR count). The van der Waals surface area contributed by atoms with Crippen molar-refractivity contribution in [3.63, 3.8) is 0 Å². The van der Waals surface area contributed by atoms with Gasteiger partial charge in [-0.3, -0.25) is 10.1 Å². The molecule has 2 aromatic rings. The predicted octanol–water partition coefficient (Wildman–Crippen LogP) is 3.49. The summed E-state index contributed by atoms with van der Waals surface area (Å²) in [7, 11) is 0. The first kappa shape index (κ1) is 16.2. The van der Waals surface area contributed by atoms with E-state index in [9.17, 15) is 19.3 Å². The molecule has 1 aromatic carbocycles. The molecule has 0 radical (unpaired) electrons. The fourth-order valence-corrected chi connectivity index (χ4v) is 2.15. The fourth-order valence-electron chi connectivity index (χ4n) is 1.95. The van der Waals surface area contributed by atoms with Crippen LogP contribution in [0.2, 0.25) is 5.02 Å². The topological polar surface area (TPSA) is 99.3 Å². The van der Waals surface area contributed by atoms with Crippen LogP contribution in [-0.2, 0) is 0 Å². The molecule has 126 valence electrons. The van der Waals surface area contributed by atoms with Crippen LogP contribution in [0, 0.1) is 15.9 Å². The number of nitrogens with one attached hydrogen (secondary N) is 1. The van der Waals surface area contributed by atoms with Gasteiger partial charge in [-0.25, -0.2) is 4.79 Å². The number of carbonyl (C=O) groups is 1. The minimum absolute atomic E-state index is 0.00116. The molecule has 0 aliphatic heterocycles. The molecule has 1 amide bonds. The van der Waals surface area contributed by atoms with Crippen LogP contribution < -0.4 is 10.1 Å². The third-order valence-corrected chi connectivity index (χ3v) is 3.89. The van der Waals surface area contributed by atoms with Gasteiger partial charge < -0.3 is 10.1 Å². The van der Waals surface area contributed by atoms with Gasteiger partial charge in [-0.1, -0.05) is 11.6 Å². The first-order chi connectivity index (χ1) is 11.3. The number of rotatable bonds is 4. The van der Waals surface area contributed by atoms with E-state index >= 15 is 0 Å². The highest BCUT2D eigenvalue weighted by atomic mass is 35.5. The Bertz CT molecular complexity index is 834. The van der Waals surface area contributed by atoms with Gasteiger partial charge in [0.1, 0.15) is 0 Å². The lowest BCUT2D eigenvalue weighted by molar-refractivity contribution is -0.387. The van der Waals surface area contributed by atoms with Gasteiger partial charge in [0.2, 0.25) is 11.7 Å². The predicted molar refractivity (Wildman–Crippen MR) is 81.9 cm³/mol. The van der Waals surface area contributed by atoms with Gasteiger partial charge in [-0.05, 0) is 19.8 Å². The van der Waals surface area contributed by atoms with E-state index < -0.39 is 22.5 Å². The van der Waals surface area contributed by atoms with Crippen LogP contribution in [0.25, 0.3) is 0 Å². The second-order valence-corrected chi connectivity index (χ2v) is 6.09. The lowest BCUT2D eigenvalue weighted by Gasteiger charge is -2.10. The van der Waals surface area contributed by atoms with Gasteiger partial charge in [0.15, 0.2) is 5.75 Å². The van der Waals surface area contributed by atoms with E-state index in [4.69, 9.17) is 16.3 Å². The van der Waals surface area contributed by atoms with E-state index in [-0.39, 0.29) is 22.2 Å². The molecule has 1 saturated carbocycles. The second kappa shape index (κ2) is 5.75. The third kappa shape index (κ3) is 3.30. The summed E-state index contributed by atoms with van der Waals surface area (Å²) in [4.78, 5) is 21.7. The quantitative estimate of drug-likeness (QED) is 0.669. The number of hydrogen-bond donors (Lipinski definition) is 1. The summed E-state index contributed by atoms with van der Waals surface area (Å²) in [6.45, 7) is 1.92. The molecule has 1 aliphatic rings. The Kier molecular flexibility index (Phi) is 3.88. The number of carbonyl (C=O) groups excluding carboxylic acids is 1. The number of hydrogen-bond acceptors (Lipinski definition) is 5. The average Bonchev–Trinajstić information content (AvgIpc) is 3.04. The van der Waals surface area contributed by atoms with Crippen molar-refractivity contribution < 1.29 is 18.8 Å². The first-order valence-electron chi connectivity index (χ1n) is 6.97. The molecule has 0 bridgehead atoms. The molecule has 0 unspecified atom stereocenters. The molecule has 24 heavy (non-hydrogen) atoms. The smallest absolute Gasteiger partial charge is 0.342 e. The zero-order chi connectivity index (χ0) is 17.5. The Morgan fingerprint density at radius 3 is 2.88 bits per heavy atom. The van der Waals surface area contributed by atoms with Crippen molar-refractivity contribution in [1.29, 1.82) is 0 Å². The normalized spacial score (nSPS) is 15.0. The van der Waals surface area contributed by atoms with Crippen LogP contribution in [-0.4, -0.2) is 26.3 Å². The monoisotopic (exact) mass is 354 g/mol. The summed E-state index contributed by atoms with van der Waals surface area (Å²) in [5, 5.41) is 17.2. The van der Waals surface area contributed by atoms with Gasteiger partial charge in [-0.15, -0.1) is 5.10 Å². The lowest BCUT2D eigenvalue weighted by Crippen LogP contribution is -2.37. The molecule has 0 atom stereocenters. The van der Waals surface area contributed by atoms with Crippen molar-refractivity contribution >= 4 is 23.3 Å². The summed E-state index contributed by atoms with van der Waals surface area (Å²) in [6.07, 6.45) is 3.19. The van der Waals surface area contributed by atoms with Gasteiger partial charge in [0.05, 0.1) is 9.95 Å². The van der Waals surface area contributed by atoms with Crippen molar-refractivity contribution in [2.24, 2.45) is 0 Å². The number of nitro groups is 1.